The van der Waals surface area contributed by atoms with E-state index < -0.39 is 6.04 Å². The van der Waals surface area contributed by atoms with E-state index in [1.807, 2.05) is 32.0 Å². The summed E-state index contributed by atoms with van der Waals surface area (Å²) >= 11 is 0. The fourth-order valence-electron chi connectivity index (χ4n) is 3.88. The van der Waals surface area contributed by atoms with Gasteiger partial charge in [-0.3, -0.25) is 14.4 Å². The van der Waals surface area contributed by atoms with Gasteiger partial charge in [0.1, 0.15) is 11.6 Å². The van der Waals surface area contributed by atoms with Gasteiger partial charge in [-0.2, -0.15) is 0 Å². The molecule has 2 aliphatic heterocycles. The average Bonchev–Trinajstić information content (AvgIpc) is 3.15. The van der Waals surface area contributed by atoms with Gasteiger partial charge in [0, 0.05) is 30.6 Å². The lowest BCUT2D eigenvalue weighted by molar-refractivity contribution is -0.152. The molecule has 2 atom stereocenters. The van der Waals surface area contributed by atoms with Crippen LogP contribution < -0.4 is 5.32 Å². The first-order valence-corrected chi connectivity index (χ1v) is 8.70. The molecule has 2 fully saturated rings. The van der Waals surface area contributed by atoms with Crippen LogP contribution >= 0.6 is 0 Å². The second-order valence-corrected chi connectivity index (χ2v) is 7.22. The Morgan fingerprint density at radius 2 is 2.04 bits per heavy atom. The molecule has 3 heterocycles. The van der Waals surface area contributed by atoms with E-state index in [2.05, 4.69) is 5.32 Å². The first kappa shape index (κ1) is 16.6. The van der Waals surface area contributed by atoms with E-state index in [9.17, 15) is 14.4 Å². The molecule has 2 saturated heterocycles. The van der Waals surface area contributed by atoms with Crippen molar-refractivity contribution in [1.82, 2.24) is 15.1 Å². The number of carbonyl (C=O) groups excluding carboxylic acids is 3. The van der Waals surface area contributed by atoms with Crippen LogP contribution in [0, 0.1) is 13.8 Å². The zero-order valence-electron chi connectivity index (χ0n) is 15.0. The van der Waals surface area contributed by atoms with Gasteiger partial charge in [0.05, 0.1) is 6.54 Å². The molecular weight excluding hydrogens is 334 g/mol. The number of piperazine rings is 1. The van der Waals surface area contributed by atoms with Crippen LogP contribution in [-0.2, 0) is 9.59 Å². The van der Waals surface area contributed by atoms with Gasteiger partial charge in [-0.1, -0.05) is 12.1 Å². The van der Waals surface area contributed by atoms with Gasteiger partial charge < -0.3 is 19.5 Å². The second-order valence-electron chi connectivity index (χ2n) is 7.22. The predicted molar refractivity (Wildman–Crippen MR) is 94.7 cm³/mol. The van der Waals surface area contributed by atoms with Gasteiger partial charge in [0.25, 0.3) is 5.91 Å². The number of benzene rings is 1. The maximum absolute atomic E-state index is 12.7. The highest BCUT2D eigenvalue weighted by Gasteiger charge is 2.45. The molecule has 0 unspecified atom stereocenters. The third kappa shape index (κ3) is 2.55. The Morgan fingerprint density at radius 3 is 2.81 bits per heavy atom. The molecule has 0 radical (unpaired) electrons. The highest BCUT2D eigenvalue weighted by molar-refractivity contribution is 5.99. The van der Waals surface area contributed by atoms with Crippen molar-refractivity contribution in [1.29, 1.82) is 0 Å². The molecule has 7 heteroatoms. The molecule has 7 nitrogen and oxygen atoms in total. The smallest absolute Gasteiger partial charge is 0.287 e. The first-order valence-electron chi connectivity index (χ1n) is 8.70. The Bertz CT molecular complexity index is 932. The van der Waals surface area contributed by atoms with E-state index in [1.165, 1.54) is 4.90 Å². The topological polar surface area (TPSA) is 82.9 Å². The zero-order valence-corrected chi connectivity index (χ0v) is 15.0. The summed E-state index contributed by atoms with van der Waals surface area (Å²) in [6, 6.07) is 5.09. The molecule has 0 bridgehead atoms. The SMILES string of the molecule is Cc1ccc2c(C)c(C(=O)N[C@@H]3C[C@H]4C(=O)N(C)CC(=O)N4C3)oc2c1. The van der Waals surface area contributed by atoms with Gasteiger partial charge in [-0.15, -0.1) is 0 Å². The van der Waals surface area contributed by atoms with Crippen LogP contribution in [0.4, 0.5) is 0 Å². The summed E-state index contributed by atoms with van der Waals surface area (Å²) in [5.41, 5.74) is 2.54. The molecule has 26 heavy (non-hydrogen) atoms. The maximum Gasteiger partial charge on any atom is 0.287 e. The zero-order chi connectivity index (χ0) is 18.6. The monoisotopic (exact) mass is 355 g/mol. The van der Waals surface area contributed by atoms with Crippen LogP contribution in [0.3, 0.4) is 0 Å². The van der Waals surface area contributed by atoms with Crippen LogP contribution in [0.1, 0.15) is 28.1 Å². The van der Waals surface area contributed by atoms with Crippen LogP contribution in [0.2, 0.25) is 0 Å². The van der Waals surface area contributed by atoms with Crippen molar-refractivity contribution >= 4 is 28.7 Å². The molecule has 3 amide bonds. The van der Waals surface area contributed by atoms with Gasteiger partial charge >= 0.3 is 0 Å². The van der Waals surface area contributed by atoms with Gasteiger partial charge in [-0.25, -0.2) is 0 Å². The minimum atomic E-state index is -0.481. The quantitative estimate of drug-likeness (QED) is 0.878. The Hall–Kier alpha value is -2.83. The fraction of sp³-hybridized carbons (Fsp3) is 0.421. The van der Waals surface area contributed by atoms with Crippen LogP contribution in [0.25, 0.3) is 11.0 Å². The molecule has 0 spiro atoms. The van der Waals surface area contributed by atoms with Crippen molar-refractivity contribution in [3.63, 3.8) is 0 Å². The van der Waals surface area contributed by atoms with Crippen molar-refractivity contribution in [3.8, 4) is 0 Å². The summed E-state index contributed by atoms with van der Waals surface area (Å²) in [6.07, 6.45) is 0.430. The number of hydrogen-bond donors (Lipinski definition) is 1. The van der Waals surface area contributed by atoms with Gasteiger partial charge in [0.2, 0.25) is 11.8 Å². The van der Waals surface area contributed by atoms with Crippen LogP contribution in [-0.4, -0.2) is 59.7 Å². The summed E-state index contributed by atoms with van der Waals surface area (Å²) in [6.45, 7) is 4.28. The average molecular weight is 355 g/mol. The number of hydrogen-bond acceptors (Lipinski definition) is 4. The van der Waals surface area contributed by atoms with E-state index >= 15 is 0 Å². The fourth-order valence-corrected chi connectivity index (χ4v) is 3.88. The number of rotatable bonds is 2. The molecule has 1 N–H and O–H groups in total. The normalized spacial score (nSPS) is 22.9. The molecule has 1 aromatic carbocycles. The summed E-state index contributed by atoms with van der Waals surface area (Å²) < 4.78 is 5.76. The Morgan fingerprint density at radius 1 is 1.27 bits per heavy atom. The lowest BCUT2D eigenvalue weighted by Gasteiger charge is -2.33. The van der Waals surface area contributed by atoms with E-state index in [0.29, 0.717) is 18.5 Å². The van der Waals surface area contributed by atoms with Crippen molar-refractivity contribution in [2.24, 2.45) is 0 Å². The Balaban J connectivity index is 1.53. The third-order valence-corrected chi connectivity index (χ3v) is 5.29. The summed E-state index contributed by atoms with van der Waals surface area (Å²) in [5, 5.41) is 3.84. The molecule has 2 aromatic rings. The minimum Gasteiger partial charge on any atom is -0.451 e. The molecular formula is C19H21N3O4. The minimum absolute atomic E-state index is 0.0725. The first-order chi connectivity index (χ1) is 12.3. The number of likely N-dealkylation sites (N-methyl/N-ethyl adjacent to an activating group) is 1. The molecule has 0 aliphatic carbocycles. The molecule has 2 aliphatic rings. The molecule has 1 aromatic heterocycles. The standard InChI is InChI=1S/C19H21N3O4/c1-10-4-5-13-11(2)17(26-15(13)6-10)18(24)20-12-7-14-19(25)21(3)9-16(23)22(14)8-12/h4-6,12,14H,7-9H2,1-3H3,(H,20,24)/t12-,14+/m1/s1. The van der Waals surface area contributed by atoms with Crippen molar-refractivity contribution in [2.45, 2.75) is 32.4 Å². The lowest BCUT2D eigenvalue weighted by atomic mass is 10.1. The second kappa shape index (κ2) is 5.86. The number of nitrogens with zero attached hydrogens (tertiary/aromatic N) is 2. The van der Waals surface area contributed by atoms with Crippen LogP contribution in [0.15, 0.2) is 22.6 Å². The highest BCUT2D eigenvalue weighted by atomic mass is 16.3. The molecule has 4 rings (SSSR count). The molecule has 0 saturated carbocycles. The van der Waals surface area contributed by atoms with E-state index in [0.717, 1.165) is 16.5 Å². The number of fused-ring (bicyclic) bond motifs is 2. The largest absolute Gasteiger partial charge is 0.451 e. The number of amides is 3. The maximum atomic E-state index is 12.7. The summed E-state index contributed by atoms with van der Waals surface area (Å²) in [7, 11) is 1.63. The third-order valence-electron chi connectivity index (χ3n) is 5.29. The van der Waals surface area contributed by atoms with Crippen molar-refractivity contribution in [3.05, 3.63) is 35.1 Å². The molecule has 136 valence electrons. The lowest BCUT2D eigenvalue weighted by Crippen LogP contribution is -2.55. The summed E-state index contributed by atoms with van der Waals surface area (Å²) in [4.78, 5) is 40.1. The Labute approximate surface area is 150 Å². The predicted octanol–water partition coefficient (Wildman–Crippen LogP) is 1.22. The van der Waals surface area contributed by atoms with E-state index in [1.54, 1.807) is 11.9 Å². The number of furan rings is 1. The van der Waals surface area contributed by atoms with Crippen molar-refractivity contribution in [2.75, 3.05) is 20.1 Å². The Kier molecular flexibility index (Phi) is 3.75. The number of nitrogens with one attached hydrogen (secondary N) is 1. The summed E-state index contributed by atoms with van der Waals surface area (Å²) in [5.74, 6) is -0.180. The van der Waals surface area contributed by atoms with E-state index in [-0.39, 0.29) is 36.1 Å². The highest BCUT2D eigenvalue weighted by Crippen LogP contribution is 2.27. The van der Waals surface area contributed by atoms with Gasteiger partial charge in [0.15, 0.2) is 5.76 Å². The van der Waals surface area contributed by atoms with Crippen LogP contribution in [0.5, 0.6) is 0 Å². The number of aryl methyl sites for hydroxylation is 2. The van der Waals surface area contributed by atoms with Crippen molar-refractivity contribution < 1.29 is 18.8 Å². The number of carbonyl (C=O) groups is 3. The van der Waals surface area contributed by atoms with E-state index in [4.69, 9.17) is 4.42 Å². The van der Waals surface area contributed by atoms with Gasteiger partial charge in [-0.05, 0) is 31.9 Å².